The summed E-state index contributed by atoms with van der Waals surface area (Å²) in [6, 6.07) is 10.9. The molecule has 0 saturated carbocycles. The number of oxazole rings is 1. The molecule has 0 unspecified atom stereocenters. The Morgan fingerprint density at radius 2 is 2.08 bits per heavy atom. The van der Waals surface area contributed by atoms with Gasteiger partial charge in [-0.05, 0) is 24.3 Å². The van der Waals surface area contributed by atoms with Gasteiger partial charge in [0.15, 0.2) is 17.8 Å². The van der Waals surface area contributed by atoms with Crippen molar-refractivity contribution in [1.29, 1.82) is 0 Å². The second kappa shape index (κ2) is 5.96. The molecule has 2 N–H and O–H groups in total. The number of pyridine rings is 1. The number of nitrogens with one attached hydrogen (secondary N) is 2. The van der Waals surface area contributed by atoms with Gasteiger partial charge in [0.05, 0.1) is 18.4 Å². The zero-order valence-corrected chi connectivity index (χ0v) is 12.6. The smallest absolute Gasteiger partial charge is 0.251 e. The topological polar surface area (TPSA) is 96.7 Å². The number of carbonyl (C=O) groups is 1. The molecule has 0 radical (unpaired) electrons. The van der Waals surface area contributed by atoms with Crippen molar-refractivity contribution in [3.05, 3.63) is 66.4 Å². The molecular weight excluding hydrogens is 306 g/mol. The minimum Gasteiger partial charge on any atom is -0.444 e. The molecule has 0 fully saturated rings. The van der Waals surface area contributed by atoms with Crippen molar-refractivity contribution in [3.8, 4) is 11.3 Å². The van der Waals surface area contributed by atoms with E-state index in [2.05, 4.69) is 25.5 Å². The Labute approximate surface area is 136 Å². The number of hydrogen-bond acceptors (Lipinski definition) is 5. The Morgan fingerprint density at radius 3 is 2.88 bits per heavy atom. The molecule has 0 bridgehead atoms. The van der Waals surface area contributed by atoms with Crippen LogP contribution in [0.3, 0.4) is 0 Å². The minimum atomic E-state index is -0.161. The van der Waals surface area contributed by atoms with Crippen molar-refractivity contribution in [1.82, 2.24) is 25.5 Å². The third-order valence-electron chi connectivity index (χ3n) is 3.70. The first-order chi connectivity index (χ1) is 11.8. The standard InChI is InChI=1S/C17H13N5O2/c23-17(12-5-3-11(4-6-12)15-9-18-10-24-15)20-8-14-13-2-1-7-19-16(13)22-21-14/h1-7,9-10H,8H2,(H,20,23)(H,19,21,22). The van der Waals surface area contributed by atoms with Crippen LogP contribution in [0.4, 0.5) is 0 Å². The van der Waals surface area contributed by atoms with Crippen LogP contribution in [0.15, 0.2) is 59.6 Å². The molecule has 1 amide bonds. The van der Waals surface area contributed by atoms with Gasteiger partial charge in [-0.25, -0.2) is 9.97 Å². The van der Waals surface area contributed by atoms with Crippen LogP contribution < -0.4 is 5.32 Å². The monoisotopic (exact) mass is 319 g/mol. The lowest BCUT2D eigenvalue weighted by Gasteiger charge is -2.05. The van der Waals surface area contributed by atoms with E-state index < -0.39 is 0 Å². The van der Waals surface area contributed by atoms with E-state index in [-0.39, 0.29) is 5.91 Å². The van der Waals surface area contributed by atoms with Gasteiger partial charge in [-0.1, -0.05) is 12.1 Å². The lowest BCUT2D eigenvalue weighted by Crippen LogP contribution is -2.23. The number of nitrogens with zero attached hydrogens (tertiary/aromatic N) is 3. The molecule has 0 aliphatic carbocycles. The van der Waals surface area contributed by atoms with Crippen LogP contribution in [0.2, 0.25) is 0 Å². The summed E-state index contributed by atoms with van der Waals surface area (Å²) in [7, 11) is 0. The van der Waals surface area contributed by atoms with E-state index in [1.54, 1.807) is 24.5 Å². The van der Waals surface area contributed by atoms with Gasteiger partial charge in [0, 0.05) is 22.7 Å². The SMILES string of the molecule is O=C(NCc1[nH]nc2ncccc12)c1ccc(-c2cnco2)cc1. The van der Waals surface area contributed by atoms with Crippen LogP contribution in [-0.2, 0) is 6.54 Å². The molecule has 0 spiro atoms. The summed E-state index contributed by atoms with van der Waals surface area (Å²) in [5, 5.41) is 10.8. The van der Waals surface area contributed by atoms with Crippen LogP contribution in [0.25, 0.3) is 22.4 Å². The van der Waals surface area contributed by atoms with Crippen molar-refractivity contribution in [2.24, 2.45) is 0 Å². The lowest BCUT2D eigenvalue weighted by atomic mass is 10.1. The van der Waals surface area contributed by atoms with Crippen LogP contribution in [-0.4, -0.2) is 26.1 Å². The van der Waals surface area contributed by atoms with Crippen LogP contribution in [0.1, 0.15) is 16.1 Å². The Kier molecular flexibility index (Phi) is 3.51. The molecule has 0 aliphatic heterocycles. The van der Waals surface area contributed by atoms with Crippen LogP contribution >= 0.6 is 0 Å². The molecule has 4 aromatic rings. The molecule has 0 saturated heterocycles. The fourth-order valence-corrected chi connectivity index (χ4v) is 2.45. The predicted molar refractivity (Wildman–Crippen MR) is 87.0 cm³/mol. The second-order valence-corrected chi connectivity index (χ2v) is 5.20. The number of carbonyl (C=O) groups excluding carboxylic acids is 1. The molecule has 7 nitrogen and oxygen atoms in total. The van der Waals surface area contributed by atoms with E-state index in [1.807, 2.05) is 24.3 Å². The Morgan fingerprint density at radius 1 is 1.21 bits per heavy atom. The van der Waals surface area contributed by atoms with Crippen molar-refractivity contribution in [3.63, 3.8) is 0 Å². The Hall–Kier alpha value is -3.48. The highest BCUT2D eigenvalue weighted by atomic mass is 16.3. The molecule has 3 heterocycles. The Balaban J connectivity index is 1.46. The number of H-pyrrole nitrogens is 1. The number of fused-ring (bicyclic) bond motifs is 1. The summed E-state index contributed by atoms with van der Waals surface area (Å²) in [6.07, 6.45) is 4.69. The van der Waals surface area contributed by atoms with E-state index in [9.17, 15) is 4.79 Å². The van der Waals surface area contributed by atoms with E-state index in [0.29, 0.717) is 23.5 Å². The van der Waals surface area contributed by atoms with Gasteiger partial charge in [0.1, 0.15) is 0 Å². The van der Waals surface area contributed by atoms with Crippen LogP contribution in [0.5, 0.6) is 0 Å². The molecule has 3 aromatic heterocycles. The van der Waals surface area contributed by atoms with Gasteiger partial charge in [-0.15, -0.1) is 0 Å². The van der Waals surface area contributed by atoms with E-state index in [1.165, 1.54) is 6.39 Å². The largest absolute Gasteiger partial charge is 0.444 e. The molecule has 4 rings (SSSR count). The van der Waals surface area contributed by atoms with Crippen molar-refractivity contribution in [2.75, 3.05) is 0 Å². The molecule has 7 heteroatoms. The number of hydrogen-bond donors (Lipinski definition) is 2. The first kappa shape index (κ1) is 14.1. The summed E-state index contributed by atoms with van der Waals surface area (Å²) in [5.41, 5.74) is 2.90. The Bertz CT molecular complexity index is 974. The van der Waals surface area contributed by atoms with Crippen LogP contribution in [0, 0.1) is 0 Å². The van der Waals surface area contributed by atoms with Gasteiger partial charge in [0.2, 0.25) is 0 Å². The maximum absolute atomic E-state index is 12.3. The number of benzene rings is 1. The number of rotatable bonds is 4. The summed E-state index contributed by atoms with van der Waals surface area (Å²) in [6.45, 7) is 0.352. The van der Waals surface area contributed by atoms with Gasteiger partial charge in [0.25, 0.3) is 5.91 Å². The molecule has 24 heavy (non-hydrogen) atoms. The van der Waals surface area contributed by atoms with Gasteiger partial charge in [-0.2, -0.15) is 5.10 Å². The summed E-state index contributed by atoms with van der Waals surface area (Å²) in [5.74, 6) is 0.504. The third kappa shape index (κ3) is 2.63. The number of amides is 1. The average Bonchev–Trinajstić information content (AvgIpc) is 3.30. The first-order valence-electron chi connectivity index (χ1n) is 7.36. The lowest BCUT2D eigenvalue weighted by molar-refractivity contribution is 0.0950. The summed E-state index contributed by atoms with van der Waals surface area (Å²) >= 11 is 0. The quantitative estimate of drug-likeness (QED) is 0.602. The maximum Gasteiger partial charge on any atom is 0.251 e. The fraction of sp³-hybridized carbons (Fsp3) is 0.0588. The normalized spacial score (nSPS) is 10.8. The zero-order valence-electron chi connectivity index (χ0n) is 12.6. The minimum absolute atomic E-state index is 0.161. The van der Waals surface area contributed by atoms with Gasteiger partial charge >= 0.3 is 0 Å². The van der Waals surface area contributed by atoms with Crippen molar-refractivity contribution < 1.29 is 9.21 Å². The van der Waals surface area contributed by atoms with E-state index in [4.69, 9.17) is 4.42 Å². The molecule has 1 aromatic carbocycles. The summed E-state index contributed by atoms with van der Waals surface area (Å²) in [4.78, 5) is 20.3. The fourth-order valence-electron chi connectivity index (χ4n) is 2.45. The first-order valence-corrected chi connectivity index (χ1v) is 7.36. The molecule has 118 valence electrons. The highest BCUT2D eigenvalue weighted by Gasteiger charge is 2.10. The average molecular weight is 319 g/mol. The van der Waals surface area contributed by atoms with E-state index >= 15 is 0 Å². The van der Waals surface area contributed by atoms with Gasteiger partial charge in [-0.3, -0.25) is 9.89 Å². The second-order valence-electron chi connectivity index (χ2n) is 5.20. The third-order valence-corrected chi connectivity index (χ3v) is 3.70. The van der Waals surface area contributed by atoms with E-state index in [0.717, 1.165) is 16.6 Å². The highest BCUT2D eigenvalue weighted by molar-refractivity contribution is 5.94. The number of aromatic nitrogens is 4. The maximum atomic E-state index is 12.3. The number of aromatic amines is 1. The van der Waals surface area contributed by atoms with Gasteiger partial charge < -0.3 is 9.73 Å². The molecule has 0 aliphatic rings. The predicted octanol–water partition coefficient (Wildman–Crippen LogP) is 2.54. The molecule has 0 atom stereocenters. The molecular formula is C17H13N5O2. The van der Waals surface area contributed by atoms with Crippen molar-refractivity contribution in [2.45, 2.75) is 6.54 Å². The zero-order chi connectivity index (χ0) is 16.4. The summed E-state index contributed by atoms with van der Waals surface area (Å²) < 4.78 is 5.23. The highest BCUT2D eigenvalue weighted by Crippen LogP contribution is 2.19. The van der Waals surface area contributed by atoms with Crippen molar-refractivity contribution >= 4 is 16.9 Å².